The number of benzene rings is 1. The third kappa shape index (κ3) is 3.78. The van der Waals surface area contributed by atoms with Crippen LogP contribution in [0.4, 0.5) is 4.39 Å². The molecule has 0 aromatic heterocycles. The fourth-order valence-electron chi connectivity index (χ4n) is 1.97. The lowest BCUT2D eigenvalue weighted by Gasteiger charge is -2.34. The second kappa shape index (κ2) is 5.96. The van der Waals surface area contributed by atoms with Crippen molar-refractivity contribution in [1.29, 1.82) is 0 Å². The van der Waals surface area contributed by atoms with Crippen LogP contribution < -0.4 is 5.32 Å². The van der Waals surface area contributed by atoms with Crippen LogP contribution in [0.2, 0.25) is 0 Å². The predicted octanol–water partition coefficient (Wildman–Crippen LogP) is 4.01. The predicted molar refractivity (Wildman–Crippen MR) is 74.7 cm³/mol. The van der Waals surface area contributed by atoms with E-state index in [0.29, 0.717) is 5.92 Å². The lowest BCUT2D eigenvalue weighted by Crippen LogP contribution is -2.36. The minimum atomic E-state index is -0.194. The molecule has 0 aliphatic heterocycles. The van der Waals surface area contributed by atoms with Crippen LogP contribution in [0.15, 0.2) is 22.7 Å². The molecular weight excluding hydrogens is 281 g/mol. The van der Waals surface area contributed by atoms with E-state index >= 15 is 0 Å². The third-order valence-corrected chi connectivity index (χ3v) is 4.32. The maximum Gasteiger partial charge on any atom is 0.124 e. The highest BCUT2D eigenvalue weighted by Crippen LogP contribution is 2.33. The summed E-state index contributed by atoms with van der Waals surface area (Å²) >= 11 is 3.44. The SMILES string of the molecule is CNCC(C)(Cc1ccc(F)cc1Br)C(C)C. The van der Waals surface area contributed by atoms with Gasteiger partial charge in [-0.25, -0.2) is 4.39 Å². The molecule has 0 aliphatic carbocycles. The van der Waals surface area contributed by atoms with Gasteiger partial charge in [-0.3, -0.25) is 0 Å². The van der Waals surface area contributed by atoms with E-state index in [9.17, 15) is 4.39 Å². The van der Waals surface area contributed by atoms with Crippen LogP contribution in [0, 0.1) is 17.2 Å². The van der Waals surface area contributed by atoms with Crippen LogP contribution in [-0.2, 0) is 6.42 Å². The molecule has 1 rings (SSSR count). The average molecular weight is 302 g/mol. The maximum atomic E-state index is 13.0. The van der Waals surface area contributed by atoms with E-state index < -0.39 is 0 Å². The molecular formula is C14H21BrFN. The summed E-state index contributed by atoms with van der Waals surface area (Å²) in [6.45, 7) is 7.68. The van der Waals surface area contributed by atoms with Crippen molar-refractivity contribution in [3.8, 4) is 0 Å². The number of hydrogen-bond acceptors (Lipinski definition) is 1. The number of rotatable bonds is 5. The molecule has 96 valence electrons. The van der Waals surface area contributed by atoms with Crippen molar-refractivity contribution in [2.24, 2.45) is 11.3 Å². The molecule has 0 heterocycles. The van der Waals surface area contributed by atoms with Gasteiger partial charge in [-0.15, -0.1) is 0 Å². The van der Waals surface area contributed by atoms with Gasteiger partial charge in [0.1, 0.15) is 5.82 Å². The van der Waals surface area contributed by atoms with Crippen molar-refractivity contribution < 1.29 is 4.39 Å². The highest BCUT2D eigenvalue weighted by atomic mass is 79.9. The standard InChI is InChI=1S/C14H21BrFN/c1-10(2)14(3,9-17-4)8-11-5-6-12(16)7-13(11)15/h5-7,10,17H,8-9H2,1-4H3. The molecule has 1 aromatic carbocycles. The van der Waals surface area contributed by atoms with Crippen molar-refractivity contribution in [3.63, 3.8) is 0 Å². The van der Waals surface area contributed by atoms with Crippen LogP contribution >= 0.6 is 15.9 Å². The average Bonchev–Trinajstić information content (AvgIpc) is 2.22. The second-order valence-corrected chi connectivity index (χ2v) is 6.11. The van der Waals surface area contributed by atoms with Crippen LogP contribution in [0.5, 0.6) is 0 Å². The summed E-state index contributed by atoms with van der Waals surface area (Å²) in [5.74, 6) is 0.368. The zero-order valence-electron chi connectivity index (χ0n) is 11.0. The first-order valence-corrected chi connectivity index (χ1v) is 6.77. The zero-order valence-corrected chi connectivity index (χ0v) is 12.6. The molecule has 0 saturated carbocycles. The van der Waals surface area contributed by atoms with Gasteiger partial charge in [0, 0.05) is 11.0 Å². The van der Waals surface area contributed by atoms with E-state index in [-0.39, 0.29) is 11.2 Å². The van der Waals surface area contributed by atoms with Gasteiger partial charge >= 0.3 is 0 Å². The van der Waals surface area contributed by atoms with Gasteiger partial charge in [-0.05, 0) is 42.5 Å². The van der Waals surface area contributed by atoms with Gasteiger partial charge in [0.15, 0.2) is 0 Å². The van der Waals surface area contributed by atoms with Gasteiger partial charge < -0.3 is 5.32 Å². The molecule has 1 atom stereocenters. The Morgan fingerprint density at radius 3 is 2.53 bits per heavy atom. The molecule has 0 spiro atoms. The molecule has 1 N–H and O–H groups in total. The molecule has 1 unspecified atom stereocenters. The van der Waals surface area contributed by atoms with E-state index in [4.69, 9.17) is 0 Å². The Labute approximate surface area is 112 Å². The first kappa shape index (κ1) is 14.7. The smallest absolute Gasteiger partial charge is 0.124 e. The van der Waals surface area contributed by atoms with Crippen molar-refractivity contribution in [2.45, 2.75) is 27.2 Å². The maximum absolute atomic E-state index is 13.0. The summed E-state index contributed by atoms with van der Waals surface area (Å²) in [5, 5.41) is 3.25. The van der Waals surface area contributed by atoms with E-state index in [1.54, 1.807) is 0 Å². The normalized spacial score (nSPS) is 15.0. The summed E-state index contributed by atoms with van der Waals surface area (Å²) < 4.78 is 13.9. The molecule has 17 heavy (non-hydrogen) atoms. The molecule has 0 saturated heterocycles. The van der Waals surface area contributed by atoms with Gasteiger partial charge in [0.05, 0.1) is 0 Å². The number of halogens is 2. The van der Waals surface area contributed by atoms with E-state index in [1.807, 2.05) is 13.1 Å². The molecule has 0 bridgehead atoms. The van der Waals surface area contributed by atoms with Crippen molar-refractivity contribution in [1.82, 2.24) is 5.32 Å². The van der Waals surface area contributed by atoms with Crippen molar-refractivity contribution in [3.05, 3.63) is 34.1 Å². The first-order valence-electron chi connectivity index (χ1n) is 5.97. The van der Waals surface area contributed by atoms with E-state index in [1.165, 1.54) is 12.1 Å². The van der Waals surface area contributed by atoms with Crippen LogP contribution in [0.25, 0.3) is 0 Å². The van der Waals surface area contributed by atoms with Crippen molar-refractivity contribution >= 4 is 15.9 Å². The van der Waals surface area contributed by atoms with E-state index in [0.717, 1.165) is 23.0 Å². The number of hydrogen-bond donors (Lipinski definition) is 1. The Balaban J connectivity index is 2.93. The van der Waals surface area contributed by atoms with Crippen LogP contribution in [0.1, 0.15) is 26.3 Å². The van der Waals surface area contributed by atoms with Crippen molar-refractivity contribution in [2.75, 3.05) is 13.6 Å². The monoisotopic (exact) mass is 301 g/mol. The van der Waals surface area contributed by atoms with Gasteiger partial charge in [-0.2, -0.15) is 0 Å². The highest BCUT2D eigenvalue weighted by Gasteiger charge is 2.28. The minimum Gasteiger partial charge on any atom is -0.319 e. The molecule has 0 amide bonds. The minimum absolute atomic E-state index is 0.176. The Bertz CT molecular complexity index is 378. The molecule has 0 aliphatic rings. The molecule has 0 fully saturated rings. The largest absolute Gasteiger partial charge is 0.319 e. The number of nitrogens with one attached hydrogen (secondary N) is 1. The zero-order chi connectivity index (χ0) is 13.1. The fourth-order valence-corrected chi connectivity index (χ4v) is 2.47. The second-order valence-electron chi connectivity index (χ2n) is 5.25. The topological polar surface area (TPSA) is 12.0 Å². The Hall–Kier alpha value is -0.410. The lowest BCUT2D eigenvalue weighted by molar-refractivity contribution is 0.212. The Morgan fingerprint density at radius 1 is 1.41 bits per heavy atom. The summed E-state index contributed by atoms with van der Waals surface area (Å²) in [5.41, 5.74) is 1.34. The van der Waals surface area contributed by atoms with Crippen LogP contribution in [-0.4, -0.2) is 13.6 Å². The quantitative estimate of drug-likeness (QED) is 0.866. The van der Waals surface area contributed by atoms with Crippen LogP contribution in [0.3, 0.4) is 0 Å². The first-order chi connectivity index (χ1) is 7.89. The summed E-state index contributed by atoms with van der Waals surface area (Å²) in [6.07, 6.45) is 0.937. The molecule has 1 aromatic rings. The molecule has 0 radical (unpaired) electrons. The van der Waals surface area contributed by atoms with Gasteiger partial charge in [-0.1, -0.05) is 42.8 Å². The Kier molecular flexibility index (Phi) is 5.14. The highest BCUT2D eigenvalue weighted by molar-refractivity contribution is 9.10. The van der Waals surface area contributed by atoms with Gasteiger partial charge in [0.2, 0.25) is 0 Å². The summed E-state index contributed by atoms with van der Waals surface area (Å²) in [6, 6.07) is 4.94. The lowest BCUT2D eigenvalue weighted by atomic mass is 9.74. The summed E-state index contributed by atoms with van der Waals surface area (Å²) in [7, 11) is 1.97. The Morgan fingerprint density at radius 2 is 2.06 bits per heavy atom. The van der Waals surface area contributed by atoms with E-state index in [2.05, 4.69) is 42.0 Å². The molecule has 1 nitrogen and oxygen atoms in total. The summed E-state index contributed by atoms with van der Waals surface area (Å²) in [4.78, 5) is 0. The fraction of sp³-hybridized carbons (Fsp3) is 0.571. The molecule has 3 heteroatoms. The van der Waals surface area contributed by atoms with Gasteiger partial charge in [0.25, 0.3) is 0 Å². The third-order valence-electron chi connectivity index (χ3n) is 3.58.